The quantitative estimate of drug-likeness (QED) is 0.732. The Labute approximate surface area is 136 Å². The maximum Gasteiger partial charge on any atom is 0.341 e. The van der Waals surface area contributed by atoms with Crippen molar-refractivity contribution in [2.75, 3.05) is 5.32 Å². The lowest BCUT2D eigenvalue weighted by Gasteiger charge is -2.12. The fourth-order valence-corrected chi connectivity index (χ4v) is 2.09. The van der Waals surface area contributed by atoms with E-state index in [4.69, 9.17) is 9.26 Å². The monoisotopic (exact) mass is 326 g/mol. The Morgan fingerprint density at radius 1 is 1.25 bits per heavy atom. The lowest BCUT2D eigenvalue weighted by molar-refractivity contribution is -0.123. The van der Waals surface area contributed by atoms with Crippen molar-refractivity contribution in [3.8, 4) is 0 Å². The molecule has 2 aromatic heterocycles. The SMILES string of the molecule is Cc1cc(NC(=O)C(C)OC(=O)c2cccc3nccnc23)no1. The Hall–Kier alpha value is -3.29. The molecule has 0 fully saturated rings. The largest absolute Gasteiger partial charge is 0.449 e. The Bertz CT molecular complexity index is 900. The number of amides is 1. The van der Waals surface area contributed by atoms with Crippen LogP contribution in [0, 0.1) is 6.92 Å². The fraction of sp³-hybridized carbons (Fsp3) is 0.188. The van der Waals surface area contributed by atoms with Gasteiger partial charge in [-0.2, -0.15) is 0 Å². The van der Waals surface area contributed by atoms with Crippen molar-refractivity contribution < 1.29 is 18.8 Å². The first-order valence-corrected chi connectivity index (χ1v) is 7.19. The predicted molar refractivity (Wildman–Crippen MR) is 84.3 cm³/mol. The third kappa shape index (κ3) is 3.22. The number of nitrogens with zero attached hydrogens (tertiary/aromatic N) is 3. The summed E-state index contributed by atoms with van der Waals surface area (Å²) in [5.74, 6) is -0.344. The molecule has 0 aliphatic rings. The molecule has 0 saturated heterocycles. The smallest absolute Gasteiger partial charge is 0.341 e. The van der Waals surface area contributed by atoms with Crippen molar-refractivity contribution in [2.45, 2.75) is 20.0 Å². The highest BCUT2D eigenvalue weighted by Gasteiger charge is 2.21. The molecule has 0 saturated carbocycles. The number of hydrogen-bond donors (Lipinski definition) is 1. The predicted octanol–water partition coefficient (Wildman–Crippen LogP) is 2.11. The van der Waals surface area contributed by atoms with Crippen LogP contribution >= 0.6 is 0 Å². The van der Waals surface area contributed by atoms with Crippen molar-refractivity contribution in [3.05, 3.63) is 48.0 Å². The van der Waals surface area contributed by atoms with E-state index in [0.29, 0.717) is 16.8 Å². The first kappa shape index (κ1) is 15.6. The normalized spacial score (nSPS) is 11.9. The Morgan fingerprint density at radius 2 is 2.04 bits per heavy atom. The summed E-state index contributed by atoms with van der Waals surface area (Å²) in [6.45, 7) is 3.17. The molecule has 1 atom stereocenters. The highest BCUT2D eigenvalue weighted by molar-refractivity contribution is 6.03. The summed E-state index contributed by atoms with van der Waals surface area (Å²) in [5, 5.41) is 6.16. The average molecular weight is 326 g/mol. The number of anilines is 1. The third-order valence-corrected chi connectivity index (χ3v) is 3.25. The standard InChI is InChI=1S/C16H14N4O4/c1-9-8-13(20-24-9)19-15(21)10(2)23-16(22)11-4-3-5-12-14(11)18-7-6-17-12/h3-8,10H,1-2H3,(H,19,20,21). The van der Waals surface area contributed by atoms with Crippen molar-refractivity contribution in [1.29, 1.82) is 0 Å². The highest BCUT2D eigenvalue weighted by Crippen LogP contribution is 2.16. The summed E-state index contributed by atoms with van der Waals surface area (Å²) in [6, 6.07) is 6.55. The first-order chi connectivity index (χ1) is 11.5. The van der Waals surface area contributed by atoms with Crippen LogP contribution in [0.3, 0.4) is 0 Å². The number of aromatic nitrogens is 3. The van der Waals surface area contributed by atoms with Gasteiger partial charge in [0.2, 0.25) is 0 Å². The Balaban J connectivity index is 1.72. The summed E-state index contributed by atoms with van der Waals surface area (Å²) in [4.78, 5) is 32.6. The van der Waals surface area contributed by atoms with Gasteiger partial charge in [0.05, 0.1) is 11.1 Å². The van der Waals surface area contributed by atoms with Gasteiger partial charge in [-0.1, -0.05) is 11.2 Å². The van der Waals surface area contributed by atoms with E-state index >= 15 is 0 Å². The molecule has 0 spiro atoms. The fourth-order valence-electron chi connectivity index (χ4n) is 2.09. The minimum atomic E-state index is -1.01. The highest BCUT2D eigenvalue weighted by atomic mass is 16.5. The number of para-hydroxylation sites is 1. The number of esters is 1. The maximum atomic E-state index is 12.3. The van der Waals surface area contributed by atoms with Crippen LogP contribution < -0.4 is 5.32 Å². The zero-order valence-corrected chi connectivity index (χ0v) is 13.0. The molecule has 0 radical (unpaired) electrons. The van der Waals surface area contributed by atoms with Crippen molar-refractivity contribution in [1.82, 2.24) is 15.1 Å². The minimum absolute atomic E-state index is 0.248. The lowest BCUT2D eigenvalue weighted by atomic mass is 10.2. The number of fused-ring (bicyclic) bond motifs is 1. The van der Waals surface area contributed by atoms with E-state index in [-0.39, 0.29) is 11.4 Å². The zero-order chi connectivity index (χ0) is 17.1. The van der Waals surface area contributed by atoms with Gasteiger partial charge in [0.15, 0.2) is 11.9 Å². The van der Waals surface area contributed by atoms with Crippen LogP contribution in [0.25, 0.3) is 11.0 Å². The second-order valence-corrected chi connectivity index (χ2v) is 5.09. The molecule has 8 nitrogen and oxygen atoms in total. The Morgan fingerprint density at radius 3 is 2.79 bits per heavy atom. The van der Waals surface area contributed by atoms with E-state index in [9.17, 15) is 9.59 Å². The second kappa shape index (κ2) is 6.45. The average Bonchev–Trinajstić information content (AvgIpc) is 2.99. The summed E-state index contributed by atoms with van der Waals surface area (Å²) >= 11 is 0. The summed E-state index contributed by atoms with van der Waals surface area (Å²) in [7, 11) is 0. The summed E-state index contributed by atoms with van der Waals surface area (Å²) < 4.78 is 10.1. The zero-order valence-electron chi connectivity index (χ0n) is 13.0. The van der Waals surface area contributed by atoms with Gasteiger partial charge in [-0.15, -0.1) is 0 Å². The van der Waals surface area contributed by atoms with E-state index in [1.165, 1.54) is 19.3 Å². The topological polar surface area (TPSA) is 107 Å². The van der Waals surface area contributed by atoms with Crippen molar-refractivity contribution in [3.63, 3.8) is 0 Å². The van der Waals surface area contributed by atoms with Gasteiger partial charge in [0, 0.05) is 18.5 Å². The molecule has 0 aliphatic heterocycles. The van der Waals surface area contributed by atoms with Gasteiger partial charge in [-0.05, 0) is 26.0 Å². The number of benzene rings is 1. The van der Waals surface area contributed by atoms with E-state index in [1.54, 1.807) is 31.2 Å². The first-order valence-electron chi connectivity index (χ1n) is 7.19. The van der Waals surface area contributed by atoms with Crippen molar-refractivity contribution in [2.24, 2.45) is 0 Å². The second-order valence-electron chi connectivity index (χ2n) is 5.09. The molecule has 1 amide bonds. The van der Waals surface area contributed by atoms with Gasteiger partial charge < -0.3 is 14.6 Å². The number of nitrogens with one attached hydrogen (secondary N) is 1. The van der Waals surface area contributed by atoms with Gasteiger partial charge in [0.1, 0.15) is 11.3 Å². The molecule has 1 N–H and O–H groups in total. The molecule has 3 aromatic rings. The van der Waals surface area contributed by atoms with Crippen LogP contribution in [-0.2, 0) is 9.53 Å². The molecule has 0 bridgehead atoms. The molecule has 1 unspecified atom stereocenters. The summed E-state index contributed by atoms with van der Waals surface area (Å²) in [6.07, 6.45) is 2.01. The molecule has 24 heavy (non-hydrogen) atoms. The van der Waals surface area contributed by atoms with E-state index in [1.807, 2.05) is 0 Å². The number of ether oxygens (including phenoxy) is 1. The molecule has 2 heterocycles. The molecule has 3 rings (SSSR count). The molecule has 8 heteroatoms. The van der Waals surface area contributed by atoms with E-state index in [0.717, 1.165) is 0 Å². The third-order valence-electron chi connectivity index (χ3n) is 3.25. The van der Waals surface area contributed by atoms with Crippen LogP contribution in [-0.4, -0.2) is 33.1 Å². The van der Waals surface area contributed by atoms with Gasteiger partial charge in [0.25, 0.3) is 5.91 Å². The molecule has 122 valence electrons. The molecular weight excluding hydrogens is 312 g/mol. The number of carbonyl (C=O) groups is 2. The molecule has 1 aromatic carbocycles. The van der Waals surface area contributed by atoms with Crippen LogP contribution in [0.2, 0.25) is 0 Å². The molecule has 0 aliphatic carbocycles. The van der Waals surface area contributed by atoms with Gasteiger partial charge >= 0.3 is 5.97 Å². The Kier molecular flexibility index (Phi) is 4.19. The van der Waals surface area contributed by atoms with Crippen LogP contribution in [0.4, 0.5) is 5.82 Å². The maximum absolute atomic E-state index is 12.3. The summed E-state index contributed by atoms with van der Waals surface area (Å²) in [5.41, 5.74) is 1.24. The number of carbonyl (C=O) groups excluding carboxylic acids is 2. The van der Waals surface area contributed by atoms with Crippen LogP contribution in [0.5, 0.6) is 0 Å². The number of hydrogen-bond acceptors (Lipinski definition) is 7. The lowest BCUT2D eigenvalue weighted by Crippen LogP contribution is -2.30. The molecular formula is C16H14N4O4. The van der Waals surface area contributed by atoms with Crippen molar-refractivity contribution >= 4 is 28.7 Å². The van der Waals surface area contributed by atoms with E-state index < -0.39 is 18.0 Å². The van der Waals surface area contributed by atoms with E-state index in [2.05, 4.69) is 20.4 Å². The van der Waals surface area contributed by atoms with Crippen LogP contribution in [0.1, 0.15) is 23.0 Å². The number of aryl methyl sites for hydroxylation is 1. The van der Waals surface area contributed by atoms with Gasteiger partial charge in [-0.25, -0.2) is 4.79 Å². The minimum Gasteiger partial charge on any atom is -0.449 e. The van der Waals surface area contributed by atoms with Crippen LogP contribution in [0.15, 0.2) is 41.2 Å². The van der Waals surface area contributed by atoms with Gasteiger partial charge in [-0.3, -0.25) is 14.8 Å². The number of rotatable bonds is 4.